The molecule has 0 saturated carbocycles. The fraction of sp³-hybridized carbons (Fsp3) is 0.250. The molecule has 0 atom stereocenters. The summed E-state index contributed by atoms with van der Waals surface area (Å²) in [5.74, 6) is 2.58. The first-order valence-corrected chi connectivity index (χ1v) is 5.75. The number of guanidine groups is 1. The fourth-order valence-electron chi connectivity index (χ4n) is 1.83. The van der Waals surface area contributed by atoms with Crippen molar-refractivity contribution in [3.63, 3.8) is 0 Å². The third-order valence-electron chi connectivity index (χ3n) is 2.56. The molecule has 0 aromatic heterocycles. The van der Waals surface area contributed by atoms with E-state index >= 15 is 0 Å². The van der Waals surface area contributed by atoms with Gasteiger partial charge in [0.05, 0.1) is 0 Å². The molecule has 0 spiro atoms. The van der Waals surface area contributed by atoms with E-state index in [-0.39, 0.29) is 12.6 Å². The van der Waals surface area contributed by atoms with E-state index in [1.165, 1.54) is 6.92 Å². The summed E-state index contributed by atoms with van der Waals surface area (Å²) in [5.41, 5.74) is 0. The molecule has 0 unspecified atom stereocenters. The van der Waals surface area contributed by atoms with Crippen molar-refractivity contribution in [3.8, 4) is 0 Å². The maximum absolute atomic E-state index is 10.8. The van der Waals surface area contributed by atoms with Gasteiger partial charge < -0.3 is 4.74 Å². The first-order chi connectivity index (χ1) is 9.13. The summed E-state index contributed by atoms with van der Waals surface area (Å²) in [7, 11) is 0. The summed E-state index contributed by atoms with van der Waals surface area (Å²) in [5, 5.41) is 0. The summed E-state index contributed by atoms with van der Waals surface area (Å²) >= 11 is 0. The van der Waals surface area contributed by atoms with E-state index in [0.29, 0.717) is 23.5 Å². The maximum Gasteiger partial charge on any atom is 0.303 e. The summed E-state index contributed by atoms with van der Waals surface area (Å²) in [6, 6.07) is 0. The zero-order valence-electron chi connectivity index (χ0n) is 10.5. The predicted molar refractivity (Wildman–Crippen MR) is 71.1 cm³/mol. The number of amidine groups is 3. The van der Waals surface area contributed by atoms with Crippen LogP contribution >= 0.6 is 0 Å². The molecule has 0 saturated heterocycles. The zero-order valence-corrected chi connectivity index (χ0v) is 10.5. The van der Waals surface area contributed by atoms with Crippen molar-refractivity contribution in [2.45, 2.75) is 13.8 Å². The molecule has 19 heavy (non-hydrogen) atoms. The summed E-state index contributed by atoms with van der Waals surface area (Å²) in [4.78, 5) is 29.8. The Labute approximate surface area is 109 Å². The van der Waals surface area contributed by atoms with Gasteiger partial charge in [0.15, 0.2) is 12.4 Å². The van der Waals surface area contributed by atoms with Gasteiger partial charge in [-0.1, -0.05) is 6.08 Å². The number of hydrogen-bond acceptors (Lipinski definition) is 7. The number of esters is 1. The second kappa shape index (κ2) is 4.27. The van der Waals surface area contributed by atoms with Crippen molar-refractivity contribution < 1.29 is 9.53 Å². The Morgan fingerprint density at radius 3 is 2.95 bits per heavy atom. The normalized spacial score (nSPS) is 19.7. The van der Waals surface area contributed by atoms with Crippen molar-refractivity contribution in [2.24, 2.45) is 20.0 Å². The van der Waals surface area contributed by atoms with Crippen LogP contribution in [0.4, 0.5) is 0 Å². The molecule has 7 nitrogen and oxygen atoms in total. The van der Waals surface area contributed by atoms with Gasteiger partial charge in [-0.15, -0.1) is 0 Å². The van der Waals surface area contributed by atoms with Gasteiger partial charge in [-0.25, -0.2) is 14.9 Å². The van der Waals surface area contributed by atoms with Crippen LogP contribution in [0.25, 0.3) is 0 Å². The van der Waals surface area contributed by atoms with Crippen LogP contribution in [0, 0.1) is 0 Å². The Morgan fingerprint density at radius 2 is 2.16 bits per heavy atom. The van der Waals surface area contributed by atoms with Crippen molar-refractivity contribution >= 4 is 29.4 Å². The molecular formula is C12H11N5O2. The zero-order chi connectivity index (χ0) is 13.4. The van der Waals surface area contributed by atoms with Crippen LogP contribution < -0.4 is 0 Å². The van der Waals surface area contributed by atoms with Crippen LogP contribution in [0.5, 0.6) is 0 Å². The summed E-state index contributed by atoms with van der Waals surface area (Å²) in [6.07, 6.45) is 5.56. The van der Waals surface area contributed by atoms with Gasteiger partial charge in [-0.05, 0) is 19.1 Å². The number of rotatable bonds is 2. The third kappa shape index (κ3) is 2.10. The van der Waals surface area contributed by atoms with Crippen molar-refractivity contribution in [3.05, 3.63) is 24.0 Å². The highest BCUT2D eigenvalue weighted by atomic mass is 16.5. The number of aliphatic imine (C=N–C) groups is 4. The van der Waals surface area contributed by atoms with Crippen LogP contribution in [-0.4, -0.2) is 40.9 Å². The van der Waals surface area contributed by atoms with E-state index < -0.39 is 0 Å². The molecule has 0 aliphatic carbocycles. The monoisotopic (exact) mass is 257 g/mol. The molecular weight excluding hydrogens is 246 g/mol. The molecule has 0 bridgehead atoms. The van der Waals surface area contributed by atoms with Crippen molar-refractivity contribution in [2.75, 3.05) is 6.61 Å². The minimum absolute atomic E-state index is 0.0365. The molecule has 3 aliphatic heterocycles. The Hall–Kier alpha value is -2.57. The summed E-state index contributed by atoms with van der Waals surface area (Å²) in [6.45, 7) is 3.18. The van der Waals surface area contributed by atoms with Gasteiger partial charge in [0.1, 0.15) is 17.5 Å². The van der Waals surface area contributed by atoms with Gasteiger partial charge in [0.2, 0.25) is 5.96 Å². The molecule has 0 aromatic rings. The van der Waals surface area contributed by atoms with E-state index in [2.05, 4.69) is 20.0 Å². The fourth-order valence-corrected chi connectivity index (χ4v) is 1.83. The number of nitrogens with zero attached hydrogens (tertiary/aromatic N) is 5. The van der Waals surface area contributed by atoms with Crippen LogP contribution in [0.3, 0.4) is 0 Å². The highest BCUT2D eigenvalue weighted by molar-refractivity contribution is 6.20. The molecule has 3 aliphatic rings. The third-order valence-corrected chi connectivity index (χ3v) is 2.56. The van der Waals surface area contributed by atoms with Crippen molar-refractivity contribution in [1.82, 2.24) is 4.90 Å². The highest BCUT2D eigenvalue weighted by Gasteiger charge is 2.29. The molecule has 0 radical (unpaired) electrons. The molecule has 0 aromatic carbocycles. The molecule has 0 fully saturated rings. The van der Waals surface area contributed by atoms with Gasteiger partial charge in [0, 0.05) is 6.92 Å². The lowest BCUT2D eigenvalue weighted by molar-refractivity contribution is -0.139. The minimum atomic E-state index is -0.367. The van der Waals surface area contributed by atoms with Crippen LogP contribution in [0.15, 0.2) is 44.0 Å². The molecule has 0 N–H and O–H groups in total. The number of hydrogen-bond donors (Lipinski definition) is 0. The van der Waals surface area contributed by atoms with E-state index in [9.17, 15) is 4.79 Å². The topological polar surface area (TPSA) is 79.0 Å². The van der Waals surface area contributed by atoms with Crippen LogP contribution in [0.2, 0.25) is 0 Å². The molecule has 3 rings (SSSR count). The maximum atomic E-state index is 10.8. The van der Waals surface area contributed by atoms with Gasteiger partial charge >= 0.3 is 5.97 Å². The smallest absolute Gasteiger partial charge is 0.303 e. The molecule has 0 amide bonds. The molecule has 96 valence electrons. The standard InChI is InChI=1S/C12H11N5O2/c1-7-13-10-4-3-5-11-15-9(6-19-8(2)18)16-12(14-7)17(10)11/h3-5H,6H2,1-2H3. The minimum Gasteiger partial charge on any atom is -0.458 e. The second-order valence-electron chi connectivity index (χ2n) is 4.07. The first kappa shape index (κ1) is 11.5. The predicted octanol–water partition coefficient (Wildman–Crippen LogP) is 0.861. The molecule has 3 heterocycles. The quantitative estimate of drug-likeness (QED) is 0.688. The summed E-state index contributed by atoms with van der Waals surface area (Å²) < 4.78 is 4.91. The number of allylic oxidation sites excluding steroid dienone is 2. The van der Waals surface area contributed by atoms with Gasteiger partial charge in [0.25, 0.3) is 0 Å². The SMILES string of the molecule is CC(=O)OCC1=NC2=CC=CC3=NC(C)=NC(=N1)N23. The van der Waals surface area contributed by atoms with Crippen molar-refractivity contribution in [1.29, 1.82) is 0 Å². The van der Waals surface area contributed by atoms with Gasteiger partial charge in [-0.2, -0.15) is 9.98 Å². The Bertz CT molecular complexity index is 637. The first-order valence-electron chi connectivity index (χ1n) is 5.75. The van der Waals surface area contributed by atoms with Crippen LogP contribution in [0.1, 0.15) is 13.8 Å². The Kier molecular flexibility index (Phi) is 2.59. The van der Waals surface area contributed by atoms with Crippen LogP contribution in [-0.2, 0) is 9.53 Å². The lowest BCUT2D eigenvalue weighted by atomic mass is 10.3. The van der Waals surface area contributed by atoms with E-state index in [1.807, 2.05) is 18.2 Å². The number of ether oxygens (including phenoxy) is 1. The highest BCUT2D eigenvalue weighted by Crippen LogP contribution is 2.22. The number of carbonyl (C=O) groups excluding carboxylic acids is 1. The average molecular weight is 257 g/mol. The van der Waals surface area contributed by atoms with Gasteiger partial charge in [-0.3, -0.25) is 4.79 Å². The second-order valence-corrected chi connectivity index (χ2v) is 4.07. The lowest BCUT2D eigenvalue weighted by Crippen LogP contribution is -2.41. The van der Waals surface area contributed by atoms with E-state index in [1.54, 1.807) is 11.8 Å². The molecule has 7 heteroatoms. The number of carbonyl (C=O) groups is 1. The Balaban J connectivity index is 1.97. The van der Waals surface area contributed by atoms with E-state index in [4.69, 9.17) is 4.74 Å². The largest absolute Gasteiger partial charge is 0.458 e. The average Bonchev–Trinajstić information content (AvgIpc) is 2.36. The van der Waals surface area contributed by atoms with E-state index in [0.717, 1.165) is 5.84 Å². The Morgan fingerprint density at radius 1 is 1.32 bits per heavy atom. The lowest BCUT2D eigenvalue weighted by Gasteiger charge is -2.30.